The maximum atomic E-state index is 12.1. The van der Waals surface area contributed by atoms with Gasteiger partial charge in [-0.2, -0.15) is 4.98 Å². The molecule has 7 nitrogen and oxygen atoms in total. The summed E-state index contributed by atoms with van der Waals surface area (Å²) >= 11 is 0. The van der Waals surface area contributed by atoms with Crippen molar-refractivity contribution in [2.75, 3.05) is 6.54 Å². The second-order valence-electron chi connectivity index (χ2n) is 5.56. The lowest BCUT2D eigenvalue weighted by Gasteiger charge is -2.27. The Morgan fingerprint density at radius 3 is 3.05 bits per heavy atom. The van der Waals surface area contributed by atoms with Gasteiger partial charge in [-0.1, -0.05) is 12.8 Å². The molecule has 1 saturated carbocycles. The van der Waals surface area contributed by atoms with Crippen molar-refractivity contribution in [2.45, 2.75) is 38.7 Å². The molecule has 21 heavy (non-hydrogen) atoms. The fourth-order valence-corrected chi connectivity index (χ4v) is 2.73. The summed E-state index contributed by atoms with van der Waals surface area (Å²) in [7, 11) is 0. The smallest absolute Gasteiger partial charge is 0.291 e. The number of nitrogens with one attached hydrogen (secondary N) is 1. The Bertz CT molecular complexity index is 654. The molecule has 2 atom stereocenters. The highest BCUT2D eigenvalue weighted by Crippen LogP contribution is 2.23. The van der Waals surface area contributed by atoms with Gasteiger partial charge >= 0.3 is 0 Å². The van der Waals surface area contributed by atoms with Crippen LogP contribution in [0.25, 0.3) is 5.78 Å². The number of fused-ring (bicyclic) bond motifs is 1. The second kappa shape index (κ2) is 5.77. The number of carbonyl (C=O) groups excluding carboxylic acids is 1. The van der Waals surface area contributed by atoms with E-state index in [4.69, 9.17) is 0 Å². The van der Waals surface area contributed by atoms with Crippen molar-refractivity contribution in [2.24, 2.45) is 5.92 Å². The second-order valence-corrected chi connectivity index (χ2v) is 5.56. The van der Waals surface area contributed by atoms with Gasteiger partial charge < -0.3 is 10.4 Å². The molecule has 1 amide bonds. The minimum Gasteiger partial charge on any atom is -0.393 e. The number of hydrogen-bond donors (Lipinski definition) is 2. The van der Waals surface area contributed by atoms with E-state index in [1.807, 2.05) is 13.0 Å². The minimum absolute atomic E-state index is 0.113. The number of aromatic nitrogens is 4. The summed E-state index contributed by atoms with van der Waals surface area (Å²) in [6, 6.07) is 1.81. The molecule has 2 N–H and O–H groups in total. The monoisotopic (exact) mass is 289 g/mol. The van der Waals surface area contributed by atoms with Gasteiger partial charge in [-0.15, -0.1) is 5.10 Å². The largest absolute Gasteiger partial charge is 0.393 e. The van der Waals surface area contributed by atoms with E-state index in [0.717, 1.165) is 31.4 Å². The van der Waals surface area contributed by atoms with Gasteiger partial charge in [0.25, 0.3) is 11.7 Å². The molecule has 0 radical (unpaired) electrons. The van der Waals surface area contributed by atoms with Crippen LogP contribution in [0.15, 0.2) is 12.3 Å². The molecule has 2 unspecified atom stereocenters. The molecule has 2 aromatic heterocycles. The number of amides is 1. The highest BCUT2D eigenvalue weighted by molar-refractivity contribution is 5.90. The zero-order valence-electron chi connectivity index (χ0n) is 12.0. The van der Waals surface area contributed by atoms with Crippen LogP contribution in [0, 0.1) is 12.8 Å². The lowest BCUT2D eigenvalue weighted by Crippen LogP contribution is -2.37. The molecule has 2 aromatic rings. The van der Waals surface area contributed by atoms with Crippen molar-refractivity contribution in [1.29, 1.82) is 0 Å². The average Bonchev–Trinajstić information content (AvgIpc) is 2.92. The van der Waals surface area contributed by atoms with Gasteiger partial charge in [0.2, 0.25) is 5.82 Å². The number of aliphatic hydroxyl groups is 1. The lowest BCUT2D eigenvalue weighted by atomic mass is 9.86. The van der Waals surface area contributed by atoms with E-state index in [1.165, 1.54) is 0 Å². The van der Waals surface area contributed by atoms with Gasteiger partial charge in [0, 0.05) is 24.4 Å². The summed E-state index contributed by atoms with van der Waals surface area (Å²) in [6.45, 7) is 2.34. The van der Waals surface area contributed by atoms with E-state index >= 15 is 0 Å². The van der Waals surface area contributed by atoms with Gasteiger partial charge in [0.1, 0.15) is 0 Å². The highest BCUT2D eigenvalue weighted by atomic mass is 16.3. The maximum Gasteiger partial charge on any atom is 0.291 e. The number of aryl methyl sites for hydroxylation is 1. The zero-order valence-corrected chi connectivity index (χ0v) is 12.0. The molecule has 1 aliphatic rings. The predicted molar refractivity (Wildman–Crippen MR) is 75.8 cm³/mol. The quantitative estimate of drug-likeness (QED) is 0.868. The first-order valence-corrected chi connectivity index (χ1v) is 7.30. The van der Waals surface area contributed by atoms with E-state index in [-0.39, 0.29) is 23.8 Å². The summed E-state index contributed by atoms with van der Waals surface area (Å²) in [6.07, 6.45) is 5.24. The summed E-state index contributed by atoms with van der Waals surface area (Å²) < 4.78 is 1.55. The summed E-state index contributed by atoms with van der Waals surface area (Å²) in [4.78, 5) is 20.3. The van der Waals surface area contributed by atoms with E-state index in [2.05, 4.69) is 20.4 Å². The third kappa shape index (κ3) is 2.87. The van der Waals surface area contributed by atoms with Crippen LogP contribution in [-0.4, -0.2) is 43.2 Å². The predicted octanol–water partition coefficient (Wildman–Crippen LogP) is 0.714. The molecule has 0 aromatic carbocycles. The molecule has 1 aliphatic carbocycles. The summed E-state index contributed by atoms with van der Waals surface area (Å²) in [5, 5.41) is 16.9. The molecule has 0 spiro atoms. The van der Waals surface area contributed by atoms with Crippen LogP contribution in [0.4, 0.5) is 0 Å². The van der Waals surface area contributed by atoms with Crippen LogP contribution >= 0.6 is 0 Å². The third-order valence-electron chi connectivity index (χ3n) is 4.03. The number of carbonyl (C=O) groups is 1. The van der Waals surface area contributed by atoms with E-state index < -0.39 is 0 Å². The van der Waals surface area contributed by atoms with Crippen LogP contribution in [-0.2, 0) is 0 Å². The summed E-state index contributed by atoms with van der Waals surface area (Å²) in [5.74, 6) is 0.331. The normalized spacial score (nSPS) is 22.4. The minimum atomic E-state index is -0.322. The topological polar surface area (TPSA) is 92.4 Å². The van der Waals surface area contributed by atoms with Crippen molar-refractivity contribution < 1.29 is 9.90 Å². The van der Waals surface area contributed by atoms with Gasteiger partial charge in [-0.3, -0.25) is 4.79 Å². The van der Waals surface area contributed by atoms with Gasteiger partial charge in [-0.25, -0.2) is 9.50 Å². The van der Waals surface area contributed by atoms with Gasteiger partial charge in [0.15, 0.2) is 0 Å². The molecular weight excluding hydrogens is 270 g/mol. The average molecular weight is 289 g/mol. The van der Waals surface area contributed by atoms with E-state index in [0.29, 0.717) is 12.3 Å². The van der Waals surface area contributed by atoms with Gasteiger partial charge in [-0.05, 0) is 25.8 Å². The molecule has 3 rings (SSSR count). The first kappa shape index (κ1) is 13.9. The van der Waals surface area contributed by atoms with Crippen molar-refractivity contribution in [3.05, 3.63) is 23.8 Å². The van der Waals surface area contributed by atoms with Crippen LogP contribution in [0.1, 0.15) is 42.0 Å². The maximum absolute atomic E-state index is 12.1. The molecule has 112 valence electrons. The Labute approximate surface area is 122 Å². The molecule has 2 heterocycles. The first-order valence-electron chi connectivity index (χ1n) is 7.30. The van der Waals surface area contributed by atoms with E-state index in [9.17, 15) is 9.90 Å². The third-order valence-corrected chi connectivity index (χ3v) is 4.03. The highest BCUT2D eigenvalue weighted by Gasteiger charge is 2.24. The Hall–Kier alpha value is -2.02. The number of hydrogen-bond acceptors (Lipinski definition) is 5. The first-order chi connectivity index (χ1) is 10.1. The molecule has 7 heteroatoms. The number of nitrogens with zero attached hydrogens (tertiary/aromatic N) is 4. The van der Waals surface area contributed by atoms with Crippen LogP contribution in [0.3, 0.4) is 0 Å². The van der Waals surface area contributed by atoms with E-state index in [1.54, 1.807) is 10.7 Å². The van der Waals surface area contributed by atoms with Crippen molar-refractivity contribution >= 4 is 11.7 Å². The summed E-state index contributed by atoms with van der Waals surface area (Å²) in [5.41, 5.74) is 0.870. The lowest BCUT2D eigenvalue weighted by molar-refractivity contribution is 0.0660. The van der Waals surface area contributed by atoms with Crippen molar-refractivity contribution in [3.63, 3.8) is 0 Å². The molecule has 1 fully saturated rings. The Kier molecular flexibility index (Phi) is 3.83. The number of aliphatic hydroxyl groups excluding tert-OH is 1. The zero-order chi connectivity index (χ0) is 14.8. The Morgan fingerprint density at radius 2 is 2.29 bits per heavy atom. The molecule has 0 bridgehead atoms. The molecule has 0 saturated heterocycles. The van der Waals surface area contributed by atoms with Gasteiger partial charge in [0.05, 0.1) is 6.10 Å². The SMILES string of the molecule is Cc1ccnc2nc(C(=O)NCC3CCCCC3O)nn12. The Balaban J connectivity index is 1.68. The molecule has 0 aliphatic heterocycles. The molecular formula is C14H19N5O2. The fraction of sp³-hybridized carbons (Fsp3) is 0.571. The fourth-order valence-electron chi connectivity index (χ4n) is 2.73. The van der Waals surface area contributed by atoms with Crippen LogP contribution in [0.5, 0.6) is 0 Å². The van der Waals surface area contributed by atoms with Crippen molar-refractivity contribution in [1.82, 2.24) is 24.9 Å². The Morgan fingerprint density at radius 1 is 1.48 bits per heavy atom. The van der Waals surface area contributed by atoms with Crippen LogP contribution < -0.4 is 5.32 Å². The van der Waals surface area contributed by atoms with Crippen molar-refractivity contribution in [3.8, 4) is 0 Å². The van der Waals surface area contributed by atoms with Crippen LogP contribution in [0.2, 0.25) is 0 Å². The number of rotatable bonds is 3. The standard InChI is InChI=1S/C14H19N5O2/c1-9-6-7-15-14-17-12(18-19(9)14)13(21)16-8-10-4-2-3-5-11(10)20/h6-7,10-11,20H,2-5,8H2,1H3,(H,16,21).